The molecule has 172 valence electrons. The zero-order valence-corrected chi connectivity index (χ0v) is 23.1. The van der Waals surface area contributed by atoms with E-state index in [1.54, 1.807) is 19.1 Å². The Morgan fingerprint density at radius 2 is 1.91 bits per heavy atom. The van der Waals surface area contributed by atoms with Gasteiger partial charge in [-0.15, -0.1) is 0 Å². The highest BCUT2D eigenvalue weighted by molar-refractivity contribution is 9.11. The molecular formula is C23H18Br2Cl2N2O3S. The highest BCUT2D eigenvalue weighted by Crippen LogP contribution is 2.44. The molecule has 2 aromatic rings. The Labute approximate surface area is 223 Å². The third-order valence-electron chi connectivity index (χ3n) is 5.02. The molecule has 0 unspecified atom stereocenters. The third kappa shape index (κ3) is 5.15. The van der Waals surface area contributed by atoms with Crippen molar-refractivity contribution in [2.75, 3.05) is 6.61 Å². The molecule has 0 saturated carbocycles. The van der Waals surface area contributed by atoms with E-state index >= 15 is 0 Å². The number of ether oxygens (including phenoxy) is 2. The monoisotopic (exact) mass is 630 g/mol. The van der Waals surface area contributed by atoms with Gasteiger partial charge in [-0.25, -0.2) is 9.79 Å². The van der Waals surface area contributed by atoms with Crippen molar-refractivity contribution in [2.45, 2.75) is 26.5 Å². The van der Waals surface area contributed by atoms with Gasteiger partial charge in [0.25, 0.3) is 0 Å². The van der Waals surface area contributed by atoms with Crippen LogP contribution in [0.3, 0.4) is 0 Å². The number of benzene rings is 2. The minimum atomic E-state index is -0.375. The molecule has 10 heteroatoms. The van der Waals surface area contributed by atoms with E-state index in [-0.39, 0.29) is 12.0 Å². The average Bonchev–Trinajstić information content (AvgIpc) is 3.22. The van der Waals surface area contributed by atoms with Gasteiger partial charge in [-0.2, -0.15) is 0 Å². The van der Waals surface area contributed by atoms with E-state index in [1.165, 1.54) is 11.8 Å². The maximum Gasteiger partial charge on any atom is 0.338 e. The molecule has 4 rings (SSSR count). The first-order valence-electron chi connectivity index (χ1n) is 9.94. The highest BCUT2D eigenvalue weighted by atomic mass is 79.9. The van der Waals surface area contributed by atoms with E-state index in [1.807, 2.05) is 41.6 Å². The van der Waals surface area contributed by atoms with E-state index in [0.29, 0.717) is 40.3 Å². The van der Waals surface area contributed by atoms with Crippen molar-refractivity contribution in [3.63, 3.8) is 0 Å². The Morgan fingerprint density at radius 1 is 1.18 bits per heavy atom. The lowest BCUT2D eigenvalue weighted by Crippen LogP contribution is -2.34. The van der Waals surface area contributed by atoms with Crippen LogP contribution in [0.2, 0.25) is 10.0 Å². The van der Waals surface area contributed by atoms with Crippen molar-refractivity contribution >= 4 is 78.0 Å². The van der Waals surface area contributed by atoms with Crippen molar-refractivity contribution in [3.8, 4) is 5.75 Å². The Bertz CT molecular complexity index is 1190. The van der Waals surface area contributed by atoms with Gasteiger partial charge in [-0.3, -0.25) is 0 Å². The summed E-state index contributed by atoms with van der Waals surface area (Å²) in [7, 11) is 0. The summed E-state index contributed by atoms with van der Waals surface area (Å²) in [5.74, 6) is 0.263. The quantitative estimate of drug-likeness (QED) is 0.304. The number of carbonyl (C=O) groups excluding carboxylic acids is 1. The number of hydrogen-bond acceptors (Lipinski definition) is 6. The van der Waals surface area contributed by atoms with Gasteiger partial charge in [-0.05, 0) is 86.5 Å². The molecule has 0 N–H and O–H groups in total. The number of hydrogen-bond donors (Lipinski definition) is 0. The molecule has 0 radical (unpaired) electrons. The number of fused-ring (bicyclic) bond motifs is 1. The summed E-state index contributed by atoms with van der Waals surface area (Å²) in [5.41, 5.74) is 2.93. The summed E-state index contributed by atoms with van der Waals surface area (Å²) in [6.45, 7) is 4.23. The fourth-order valence-electron chi connectivity index (χ4n) is 3.56. The minimum Gasteiger partial charge on any atom is -0.487 e. The molecule has 0 saturated heterocycles. The van der Waals surface area contributed by atoms with Gasteiger partial charge < -0.3 is 14.4 Å². The predicted octanol–water partition coefficient (Wildman–Crippen LogP) is 7.87. The standard InChI is InChI=1S/C23H18Br2Cl2N2O3S/c1-3-31-22(30)19-12(2)28-23-29(6-7-33-23)20(19)14-9-15(24)21(16(25)10-14)32-11-13-4-5-17(26)18(27)8-13/h4-10,20H,3,11H2,1-2H3/t20-/m0/s1. The van der Waals surface area contributed by atoms with Crippen molar-refractivity contribution in [3.05, 3.63) is 83.3 Å². The second-order valence-corrected chi connectivity index (χ2v) is 10.6. The number of nitrogens with zero attached hydrogens (tertiary/aromatic N) is 2. The van der Waals surface area contributed by atoms with Crippen LogP contribution < -0.4 is 4.74 Å². The zero-order chi connectivity index (χ0) is 23.7. The van der Waals surface area contributed by atoms with Crippen molar-refractivity contribution in [2.24, 2.45) is 4.99 Å². The van der Waals surface area contributed by atoms with Crippen LogP contribution in [0, 0.1) is 0 Å². The molecule has 2 heterocycles. The van der Waals surface area contributed by atoms with E-state index in [0.717, 1.165) is 25.2 Å². The predicted molar refractivity (Wildman–Crippen MR) is 141 cm³/mol. The van der Waals surface area contributed by atoms with Crippen molar-refractivity contribution in [1.82, 2.24) is 4.90 Å². The lowest BCUT2D eigenvalue weighted by Gasteiger charge is -2.33. The fraction of sp³-hybridized carbons (Fsp3) is 0.217. The summed E-state index contributed by atoms with van der Waals surface area (Å²) >= 11 is 20.9. The number of amidine groups is 1. The minimum absolute atomic E-state index is 0.290. The summed E-state index contributed by atoms with van der Waals surface area (Å²) < 4.78 is 12.9. The maximum atomic E-state index is 12.9. The van der Waals surface area contributed by atoms with Gasteiger partial charge in [0.15, 0.2) is 5.17 Å². The number of rotatable bonds is 6. The first-order valence-corrected chi connectivity index (χ1v) is 13.2. The van der Waals surface area contributed by atoms with Crippen LogP contribution in [0.5, 0.6) is 5.75 Å². The van der Waals surface area contributed by atoms with Gasteiger partial charge >= 0.3 is 5.97 Å². The molecule has 0 spiro atoms. The van der Waals surface area contributed by atoms with E-state index in [9.17, 15) is 4.79 Å². The Balaban J connectivity index is 1.66. The lowest BCUT2D eigenvalue weighted by molar-refractivity contribution is -0.139. The molecule has 2 aliphatic heterocycles. The first kappa shape index (κ1) is 24.7. The number of halogens is 4. The number of esters is 1. The van der Waals surface area contributed by atoms with Crippen LogP contribution in [0.25, 0.3) is 0 Å². The number of thioether (sulfide) groups is 1. The zero-order valence-electron chi connectivity index (χ0n) is 17.6. The molecule has 2 aromatic carbocycles. The van der Waals surface area contributed by atoms with Gasteiger partial charge in [0.05, 0.1) is 42.9 Å². The average molecular weight is 633 g/mol. The highest BCUT2D eigenvalue weighted by Gasteiger charge is 2.38. The van der Waals surface area contributed by atoms with Gasteiger partial charge in [0, 0.05) is 6.20 Å². The summed E-state index contributed by atoms with van der Waals surface area (Å²) in [4.78, 5) is 19.4. The smallest absolute Gasteiger partial charge is 0.338 e. The fourth-order valence-corrected chi connectivity index (χ4v) is 6.12. The molecule has 0 aromatic heterocycles. The number of carbonyl (C=O) groups is 1. The number of aliphatic imine (C=N–C) groups is 1. The largest absolute Gasteiger partial charge is 0.487 e. The van der Waals surface area contributed by atoms with Crippen molar-refractivity contribution in [1.29, 1.82) is 0 Å². The van der Waals surface area contributed by atoms with Crippen LogP contribution in [-0.4, -0.2) is 22.6 Å². The molecular weight excluding hydrogens is 615 g/mol. The molecule has 0 fully saturated rings. The second kappa shape index (κ2) is 10.4. The van der Waals surface area contributed by atoms with Crippen LogP contribution in [0.15, 0.2) is 67.1 Å². The normalized spacial score (nSPS) is 17.2. The van der Waals surface area contributed by atoms with Crippen LogP contribution >= 0.6 is 66.8 Å². The van der Waals surface area contributed by atoms with Gasteiger partial charge in [-0.1, -0.05) is 41.0 Å². The molecule has 1 atom stereocenters. The topological polar surface area (TPSA) is 51.1 Å². The summed E-state index contributed by atoms with van der Waals surface area (Å²) in [6, 6.07) is 8.91. The molecule has 33 heavy (non-hydrogen) atoms. The van der Waals surface area contributed by atoms with E-state index in [2.05, 4.69) is 36.9 Å². The van der Waals surface area contributed by atoms with Crippen molar-refractivity contribution < 1.29 is 14.3 Å². The van der Waals surface area contributed by atoms with Crippen LogP contribution in [0.4, 0.5) is 0 Å². The molecule has 2 aliphatic rings. The van der Waals surface area contributed by atoms with Crippen LogP contribution in [0.1, 0.15) is 31.0 Å². The van der Waals surface area contributed by atoms with Gasteiger partial charge in [0.1, 0.15) is 12.4 Å². The second-order valence-electron chi connectivity index (χ2n) is 7.18. The van der Waals surface area contributed by atoms with E-state index < -0.39 is 0 Å². The maximum absolute atomic E-state index is 12.9. The molecule has 5 nitrogen and oxygen atoms in total. The Morgan fingerprint density at radius 3 is 2.58 bits per heavy atom. The Hall–Kier alpha value is -1.45. The summed E-state index contributed by atoms with van der Waals surface area (Å²) in [6.07, 6.45) is 1.93. The number of allylic oxidation sites excluding steroid dienone is 1. The third-order valence-corrected chi connectivity index (χ3v) is 7.71. The molecule has 0 aliphatic carbocycles. The Kier molecular flexibility index (Phi) is 7.80. The molecule has 0 amide bonds. The van der Waals surface area contributed by atoms with Gasteiger partial charge in [0.2, 0.25) is 0 Å². The first-order chi connectivity index (χ1) is 15.8. The summed E-state index contributed by atoms with van der Waals surface area (Å²) in [5, 5.41) is 3.74. The van der Waals surface area contributed by atoms with E-state index in [4.69, 9.17) is 32.7 Å². The molecule has 0 bridgehead atoms. The lowest BCUT2D eigenvalue weighted by atomic mass is 9.95. The SMILES string of the molecule is CCOC(=O)C1=C(C)N=C2SC=CN2[C@H]1c1cc(Br)c(OCc2ccc(Cl)c(Cl)c2)c(Br)c1. The van der Waals surface area contributed by atoms with Crippen LogP contribution in [-0.2, 0) is 16.1 Å².